The molecule has 2 rings (SSSR count). The van der Waals surface area contributed by atoms with Crippen molar-refractivity contribution in [3.63, 3.8) is 0 Å². The van der Waals surface area contributed by atoms with Gasteiger partial charge in [-0.15, -0.1) is 0 Å². The molecule has 0 aliphatic carbocycles. The summed E-state index contributed by atoms with van der Waals surface area (Å²) in [5, 5.41) is 2.92. The van der Waals surface area contributed by atoms with Crippen molar-refractivity contribution < 1.29 is 13.5 Å². The minimum Gasteiger partial charge on any atom is -0.378 e. The zero-order valence-electron chi connectivity index (χ0n) is 11.3. The summed E-state index contributed by atoms with van der Waals surface area (Å²) < 4.78 is 31.5. The van der Waals surface area contributed by atoms with Gasteiger partial charge in [-0.2, -0.15) is 0 Å². The van der Waals surface area contributed by atoms with Gasteiger partial charge in [0.15, 0.2) is 0 Å². The molecule has 0 atom stereocenters. The van der Waals surface area contributed by atoms with Crippen LogP contribution in [0.1, 0.15) is 17.1 Å². The molecule has 0 aliphatic rings. The van der Waals surface area contributed by atoms with Gasteiger partial charge in [0.2, 0.25) is 0 Å². The lowest BCUT2D eigenvalue weighted by Crippen LogP contribution is -2.06. The summed E-state index contributed by atoms with van der Waals surface area (Å²) in [5.74, 6) is -0.119. The Hall–Kier alpha value is -2.08. The van der Waals surface area contributed by atoms with Crippen LogP contribution in [0.5, 0.6) is 0 Å². The number of methoxy groups -OCH3 is 1. The molecule has 20 heavy (non-hydrogen) atoms. The molecule has 1 aromatic heterocycles. The molecule has 4 nitrogen and oxygen atoms in total. The van der Waals surface area contributed by atoms with Crippen LogP contribution in [0.15, 0.2) is 24.3 Å². The van der Waals surface area contributed by atoms with E-state index >= 15 is 0 Å². The highest BCUT2D eigenvalue weighted by Crippen LogP contribution is 2.15. The summed E-state index contributed by atoms with van der Waals surface area (Å²) in [7, 11) is 3.31. The van der Waals surface area contributed by atoms with Crippen molar-refractivity contribution in [3.8, 4) is 0 Å². The highest BCUT2D eigenvalue weighted by molar-refractivity contribution is 5.36. The summed E-state index contributed by atoms with van der Waals surface area (Å²) in [6, 6.07) is 5.23. The Balaban J connectivity index is 2.29. The first-order chi connectivity index (χ1) is 9.62. The van der Waals surface area contributed by atoms with E-state index in [1.807, 2.05) is 0 Å². The van der Waals surface area contributed by atoms with Crippen LogP contribution in [-0.2, 0) is 17.8 Å². The van der Waals surface area contributed by atoms with Crippen LogP contribution in [0.4, 0.5) is 14.6 Å². The first kappa shape index (κ1) is 14.3. The van der Waals surface area contributed by atoms with Gasteiger partial charge in [0, 0.05) is 32.7 Å². The van der Waals surface area contributed by atoms with E-state index in [1.165, 1.54) is 12.1 Å². The van der Waals surface area contributed by atoms with E-state index < -0.39 is 11.6 Å². The SMILES string of the molecule is CNc1cc(COC)nc(Cc2ccc(F)cc2F)n1. The quantitative estimate of drug-likeness (QED) is 0.913. The van der Waals surface area contributed by atoms with Crippen LogP contribution < -0.4 is 5.32 Å². The number of nitrogens with zero attached hydrogens (tertiary/aromatic N) is 2. The molecule has 0 radical (unpaired) electrons. The monoisotopic (exact) mass is 279 g/mol. The number of rotatable bonds is 5. The largest absolute Gasteiger partial charge is 0.378 e. The molecule has 0 spiro atoms. The fraction of sp³-hybridized carbons (Fsp3) is 0.286. The van der Waals surface area contributed by atoms with E-state index in [4.69, 9.17) is 4.74 Å². The van der Waals surface area contributed by atoms with Gasteiger partial charge in [-0.1, -0.05) is 6.07 Å². The maximum absolute atomic E-state index is 13.6. The van der Waals surface area contributed by atoms with Crippen LogP contribution in [-0.4, -0.2) is 24.1 Å². The van der Waals surface area contributed by atoms with Crippen molar-refractivity contribution in [1.29, 1.82) is 0 Å². The molecule has 1 N–H and O–H groups in total. The first-order valence-electron chi connectivity index (χ1n) is 6.10. The Bertz CT molecular complexity index is 605. The van der Waals surface area contributed by atoms with E-state index in [9.17, 15) is 8.78 Å². The van der Waals surface area contributed by atoms with Gasteiger partial charge < -0.3 is 10.1 Å². The number of nitrogens with one attached hydrogen (secondary N) is 1. The molecule has 0 amide bonds. The van der Waals surface area contributed by atoms with Gasteiger partial charge in [-0.3, -0.25) is 0 Å². The second-order valence-electron chi connectivity index (χ2n) is 4.26. The zero-order chi connectivity index (χ0) is 14.5. The number of hydrogen-bond acceptors (Lipinski definition) is 4. The maximum atomic E-state index is 13.6. The lowest BCUT2D eigenvalue weighted by molar-refractivity contribution is 0.181. The minimum atomic E-state index is -0.601. The predicted molar refractivity (Wildman–Crippen MR) is 71.5 cm³/mol. The molecular formula is C14H15F2N3O. The Kier molecular flexibility index (Phi) is 4.57. The molecule has 6 heteroatoms. The van der Waals surface area contributed by atoms with E-state index in [0.717, 1.165) is 6.07 Å². The smallest absolute Gasteiger partial charge is 0.135 e. The average Bonchev–Trinajstić information content (AvgIpc) is 2.42. The standard InChI is InChI=1S/C14H15F2N3O/c1-17-13-7-11(8-20-2)18-14(19-13)5-9-3-4-10(15)6-12(9)16/h3-4,6-7H,5,8H2,1-2H3,(H,17,18,19). The number of halogens is 2. The Morgan fingerprint density at radius 2 is 2.00 bits per heavy atom. The molecule has 2 aromatic rings. The fourth-order valence-corrected chi connectivity index (χ4v) is 1.82. The van der Waals surface area contributed by atoms with Crippen molar-refractivity contribution in [2.75, 3.05) is 19.5 Å². The highest BCUT2D eigenvalue weighted by atomic mass is 19.1. The van der Waals surface area contributed by atoms with E-state index in [0.29, 0.717) is 29.5 Å². The van der Waals surface area contributed by atoms with E-state index in [2.05, 4.69) is 15.3 Å². The van der Waals surface area contributed by atoms with Gasteiger partial charge in [-0.25, -0.2) is 18.7 Å². The molecule has 1 aromatic carbocycles. The Labute approximate surface area is 115 Å². The number of hydrogen-bond donors (Lipinski definition) is 1. The molecule has 1 heterocycles. The van der Waals surface area contributed by atoms with Crippen molar-refractivity contribution in [2.45, 2.75) is 13.0 Å². The Morgan fingerprint density at radius 3 is 2.65 bits per heavy atom. The van der Waals surface area contributed by atoms with Gasteiger partial charge in [0.05, 0.1) is 12.3 Å². The number of anilines is 1. The third kappa shape index (κ3) is 3.48. The maximum Gasteiger partial charge on any atom is 0.135 e. The Morgan fingerprint density at radius 1 is 1.20 bits per heavy atom. The predicted octanol–water partition coefficient (Wildman–Crippen LogP) is 2.53. The summed E-state index contributed by atoms with van der Waals surface area (Å²) in [4.78, 5) is 8.55. The third-order valence-electron chi connectivity index (χ3n) is 2.74. The molecule has 106 valence electrons. The van der Waals surface area contributed by atoms with E-state index in [-0.39, 0.29) is 6.42 Å². The number of benzene rings is 1. The number of ether oxygens (including phenoxy) is 1. The van der Waals surface area contributed by atoms with Gasteiger partial charge in [-0.05, 0) is 11.6 Å². The van der Waals surface area contributed by atoms with Crippen molar-refractivity contribution in [2.24, 2.45) is 0 Å². The van der Waals surface area contributed by atoms with Crippen molar-refractivity contribution in [1.82, 2.24) is 9.97 Å². The lowest BCUT2D eigenvalue weighted by Gasteiger charge is -2.08. The highest BCUT2D eigenvalue weighted by Gasteiger charge is 2.09. The summed E-state index contributed by atoms with van der Waals surface area (Å²) in [5.41, 5.74) is 1.05. The van der Waals surface area contributed by atoms with Gasteiger partial charge >= 0.3 is 0 Å². The minimum absolute atomic E-state index is 0.193. The second-order valence-corrected chi connectivity index (χ2v) is 4.26. The topological polar surface area (TPSA) is 47.0 Å². The average molecular weight is 279 g/mol. The van der Waals surface area contributed by atoms with Crippen LogP contribution in [0, 0.1) is 11.6 Å². The third-order valence-corrected chi connectivity index (χ3v) is 2.74. The molecule has 0 saturated carbocycles. The molecule has 0 bridgehead atoms. The number of aromatic nitrogens is 2. The normalized spacial score (nSPS) is 10.6. The molecule has 0 aliphatic heterocycles. The van der Waals surface area contributed by atoms with Crippen molar-refractivity contribution >= 4 is 5.82 Å². The van der Waals surface area contributed by atoms with Crippen LogP contribution in [0.3, 0.4) is 0 Å². The zero-order valence-corrected chi connectivity index (χ0v) is 11.3. The van der Waals surface area contributed by atoms with Gasteiger partial charge in [0.1, 0.15) is 23.3 Å². The summed E-state index contributed by atoms with van der Waals surface area (Å²) >= 11 is 0. The summed E-state index contributed by atoms with van der Waals surface area (Å²) in [6.07, 6.45) is 0.193. The molecular weight excluding hydrogens is 264 g/mol. The molecule has 0 fully saturated rings. The second kappa shape index (κ2) is 6.38. The fourth-order valence-electron chi connectivity index (χ4n) is 1.82. The van der Waals surface area contributed by atoms with Crippen LogP contribution >= 0.6 is 0 Å². The van der Waals surface area contributed by atoms with Gasteiger partial charge in [0.25, 0.3) is 0 Å². The van der Waals surface area contributed by atoms with E-state index in [1.54, 1.807) is 20.2 Å². The van der Waals surface area contributed by atoms with Crippen molar-refractivity contribution in [3.05, 3.63) is 53.0 Å². The molecule has 0 unspecified atom stereocenters. The summed E-state index contributed by atoms with van der Waals surface area (Å²) in [6.45, 7) is 0.343. The molecule has 0 saturated heterocycles. The van der Waals surface area contributed by atoms with Crippen LogP contribution in [0.25, 0.3) is 0 Å². The lowest BCUT2D eigenvalue weighted by atomic mass is 10.1. The van der Waals surface area contributed by atoms with Crippen LogP contribution in [0.2, 0.25) is 0 Å². The first-order valence-corrected chi connectivity index (χ1v) is 6.10.